The van der Waals surface area contributed by atoms with Crippen LogP contribution in [-0.2, 0) is 6.42 Å². The molecule has 0 spiro atoms. The first-order valence-corrected chi connectivity index (χ1v) is 5.03. The molecule has 1 rings (SSSR count). The summed E-state index contributed by atoms with van der Waals surface area (Å²) in [5.74, 6) is 0.906. The van der Waals surface area contributed by atoms with E-state index in [0.29, 0.717) is 0 Å². The maximum absolute atomic E-state index is 8.60. The Morgan fingerprint density at radius 1 is 1.47 bits per heavy atom. The topological polar surface area (TPSA) is 45.0 Å². The van der Waals surface area contributed by atoms with Gasteiger partial charge in [-0.2, -0.15) is 5.26 Å². The molecule has 0 radical (unpaired) electrons. The molecule has 1 aromatic carbocycles. The SMILES string of the molecule is COc1ccccc1CCNC(C)C#N. The van der Waals surface area contributed by atoms with Gasteiger partial charge >= 0.3 is 0 Å². The molecule has 0 heterocycles. The third-order valence-electron chi connectivity index (χ3n) is 2.23. The second-order valence-corrected chi connectivity index (χ2v) is 3.37. The van der Waals surface area contributed by atoms with Gasteiger partial charge in [-0.1, -0.05) is 18.2 Å². The first kappa shape index (κ1) is 11.5. The van der Waals surface area contributed by atoms with E-state index in [1.165, 1.54) is 0 Å². The van der Waals surface area contributed by atoms with Gasteiger partial charge in [0.1, 0.15) is 5.75 Å². The van der Waals surface area contributed by atoms with E-state index in [4.69, 9.17) is 10.00 Å². The molecule has 0 saturated heterocycles. The van der Waals surface area contributed by atoms with Gasteiger partial charge in [-0.25, -0.2) is 0 Å². The van der Waals surface area contributed by atoms with Crippen LogP contribution in [0.15, 0.2) is 24.3 Å². The van der Waals surface area contributed by atoms with Crippen molar-refractivity contribution < 1.29 is 4.74 Å². The maximum Gasteiger partial charge on any atom is 0.122 e. The summed E-state index contributed by atoms with van der Waals surface area (Å²) in [4.78, 5) is 0. The number of nitrogens with zero attached hydrogens (tertiary/aromatic N) is 1. The normalized spacial score (nSPS) is 11.8. The van der Waals surface area contributed by atoms with Gasteiger partial charge in [-0.05, 0) is 25.0 Å². The lowest BCUT2D eigenvalue weighted by atomic mass is 10.1. The Kier molecular flexibility index (Phi) is 4.65. The summed E-state index contributed by atoms with van der Waals surface area (Å²) in [5, 5.41) is 11.7. The minimum Gasteiger partial charge on any atom is -0.496 e. The minimum atomic E-state index is -0.0975. The molecule has 0 saturated carbocycles. The third-order valence-corrected chi connectivity index (χ3v) is 2.23. The van der Waals surface area contributed by atoms with Gasteiger partial charge in [-0.3, -0.25) is 0 Å². The zero-order valence-electron chi connectivity index (χ0n) is 9.16. The standard InChI is InChI=1S/C12H16N2O/c1-10(9-13)14-8-7-11-5-3-4-6-12(11)15-2/h3-6,10,14H,7-8H2,1-2H3. The van der Waals surface area contributed by atoms with E-state index in [2.05, 4.69) is 11.4 Å². The van der Waals surface area contributed by atoms with Crippen LogP contribution in [0.5, 0.6) is 5.75 Å². The van der Waals surface area contributed by atoms with E-state index in [1.807, 2.05) is 31.2 Å². The molecule has 1 unspecified atom stereocenters. The Balaban J connectivity index is 2.47. The zero-order chi connectivity index (χ0) is 11.1. The molecule has 15 heavy (non-hydrogen) atoms. The second kappa shape index (κ2) is 6.05. The molecule has 0 aliphatic heterocycles. The second-order valence-electron chi connectivity index (χ2n) is 3.37. The molecule has 3 heteroatoms. The lowest BCUT2D eigenvalue weighted by Crippen LogP contribution is -2.26. The van der Waals surface area contributed by atoms with Crippen molar-refractivity contribution in [2.75, 3.05) is 13.7 Å². The number of hydrogen-bond donors (Lipinski definition) is 1. The molecule has 1 N–H and O–H groups in total. The Bertz CT molecular complexity index is 344. The van der Waals surface area contributed by atoms with Crippen LogP contribution >= 0.6 is 0 Å². The van der Waals surface area contributed by atoms with Crippen LogP contribution in [0, 0.1) is 11.3 Å². The van der Waals surface area contributed by atoms with Crippen molar-refractivity contribution in [3.05, 3.63) is 29.8 Å². The van der Waals surface area contributed by atoms with Gasteiger partial charge in [0, 0.05) is 6.54 Å². The largest absolute Gasteiger partial charge is 0.496 e. The van der Waals surface area contributed by atoms with Crippen molar-refractivity contribution in [2.24, 2.45) is 0 Å². The Labute approximate surface area is 90.7 Å². The van der Waals surface area contributed by atoms with Gasteiger partial charge in [-0.15, -0.1) is 0 Å². The van der Waals surface area contributed by atoms with Crippen molar-refractivity contribution in [1.82, 2.24) is 5.32 Å². The quantitative estimate of drug-likeness (QED) is 0.794. The van der Waals surface area contributed by atoms with Gasteiger partial charge in [0.15, 0.2) is 0 Å². The highest BCUT2D eigenvalue weighted by atomic mass is 16.5. The summed E-state index contributed by atoms with van der Waals surface area (Å²) in [7, 11) is 1.67. The molecule has 80 valence electrons. The summed E-state index contributed by atoms with van der Waals surface area (Å²) in [5.41, 5.74) is 1.16. The average molecular weight is 204 g/mol. The van der Waals surface area contributed by atoms with Crippen molar-refractivity contribution in [2.45, 2.75) is 19.4 Å². The van der Waals surface area contributed by atoms with Gasteiger partial charge in [0.2, 0.25) is 0 Å². The first-order chi connectivity index (χ1) is 7.27. The molecule has 0 aromatic heterocycles. The van der Waals surface area contributed by atoms with Crippen molar-refractivity contribution in [3.63, 3.8) is 0 Å². The van der Waals surface area contributed by atoms with E-state index in [-0.39, 0.29) is 6.04 Å². The van der Waals surface area contributed by atoms with Crippen LogP contribution < -0.4 is 10.1 Å². The van der Waals surface area contributed by atoms with Gasteiger partial charge in [0.25, 0.3) is 0 Å². The summed E-state index contributed by atoms with van der Waals surface area (Å²) < 4.78 is 5.24. The van der Waals surface area contributed by atoms with Crippen molar-refractivity contribution >= 4 is 0 Å². The number of hydrogen-bond acceptors (Lipinski definition) is 3. The molecule has 0 aliphatic carbocycles. The summed E-state index contributed by atoms with van der Waals surface area (Å²) >= 11 is 0. The summed E-state index contributed by atoms with van der Waals surface area (Å²) in [6, 6.07) is 9.97. The fourth-order valence-electron chi connectivity index (χ4n) is 1.38. The molecule has 0 aliphatic rings. The highest BCUT2D eigenvalue weighted by Crippen LogP contribution is 2.17. The molecule has 0 bridgehead atoms. The van der Waals surface area contributed by atoms with E-state index in [0.717, 1.165) is 24.3 Å². The highest BCUT2D eigenvalue weighted by molar-refractivity contribution is 5.33. The van der Waals surface area contributed by atoms with E-state index < -0.39 is 0 Å². The van der Waals surface area contributed by atoms with E-state index in [1.54, 1.807) is 7.11 Å². The molecule has 0 fully saturated rings. The monoisotopic (exact) mass is 204 g/mol. The predicted octanol–water partition coefficient (Wildman–Crippen LogP) is 1.74. The van der Waals surface area contributed by atoms with Crippen LogP contribution in [0.4, 0.5) is 0 Å². The minimum absolute atomic E-state index is 0.0975. The first-order valence-electron chi connectivity index (χ1n) is 5.03. The molecular formula is C12H16N2O. The maximum atomic E-state index is 8.60. The predicted molar refractivity (Wildman–Crippen MR) is 59.8 cm³/mol. The van der Waals surface area contributed by atoms with Crippen LogP contribution in [0.25, 0.3) is 0 Å². The lowest BCUT2D eigenvalue weighted by Gasteiger charge is -2.09. The van der Waals surface area contributed by atoms with Crippen molar-refractivity contribution in [3.8, 4) is 11.8 Å². The molecule has 1 aromatic rings. The van der Waals surface area contributed by atoms with Crippen LogP contribution in [0.2, 0.25) is 0 Å². The Hall–Kier alpha value is -1.53. The van der Waals surface area contributed by atoms with Crippen LogP contribution in [-0.4, -0.2) is 19.7 Å². The number of rotatable bonds is 5. The van der Waals surface area contributed by atoms with Gasteiger partial charge in [0.05, 0.1) is 19.2 Å². The van der Waals surface area contributed by atoms with Crippen LogP contribution in [0.1, 0.15) is 12.5 Å². The third kappa shape index (κ3) is 3.61. The average Bonchev–Trinajstić information content (AvgIpc) is 2.29. The highest BCUT2D eigenvalue weighted by Gasteiger charge is 2.02. The number of methoxy groups -OCH3 is 1. The number of ether oxygens (including phenoxy) is 1. The number of nitriles is 1. The zero-order valence-corrected chi connectivity index (χ0v) is 9.16. The van der Waals surface area contributed by atoms with Crippen molar-refractivity contribution in [1.29, 1.82) is 5.26 Å². The van der Waals surface area contributed by atoms with Crippen LogP contribution in [0.3, 0.4) is 0 Å². The van der Waals surface area contributed by atoms with E-state index in [9.17, 15) is 0 Å². The molecular weight excluding hydrogens is 188 g/mol. The smallest absolute Gasteiger partial charge is 0.122 e. The van der Waals surface area contributed by atoms with E-state index >= 15 is 0 Å². The summed E-state index contributed by atoms with van der Waals surface area (Å²) in [6.07, 6.45) is 0.871. The molecule has 3 nitrogen and oxygen atoms in total. The summed E-state index contributed by atoms with van der Waals surface area (Å²) in [6.45, 7) is 2.64. The Morgan fingerprint density at radius 3 is 2.87 bits per heavy atom. The Morgan fingerprint density at radius 2 is 2.20 bits per heavy atom. The number of para-hydroxylation sites is 1. The fourth-order valence-corrected chi connectivity index (χ4v) is 1.38. The van der Waals surface area contributed by atoms with Gasteiger partial charge < -0.3 is 10.1 Å². The number of benzene rings is 1. The fraction of sp³-hybridized carbons (Fsp3) is 0.417. The molecule has 0 amide bonds. The molecule has 1 atom stereocenters. The lowest BCUT2D eigenvalue weighted by molar-refractivity contribution is 0.409. The number of nitrogens with one attached hydrogen (secondary N) is 1.